The second-order valence-corrected chi connectivity index (χ2v) is 6.30. The van der Waals surface area contributed by atoms with Gasteiger partial charge in [-0.25, -0.2) is 0 Å². The third kappa shape index (κ3) is 3.69. The molecule has 0 bridgehead atoms. The average Bonchev–Trinajstić information content (AvgIpc) is 2.47. The Morgan fingerprint density at radius 1 is 1.16 bits per heavy atom. The third-order valence-electron chi connectivity index (χ3n) is 4.82. The highest BCUT2D eigenvalue weighted by molar-refractivity contribution is 4.89. The van der Waals surface area contributed by atoms with Gasteiger partial charge in [0.2, 0.25) is 0 Å². The van der Waals surface area contributed by atoms with Gasteiger partial charge in [-0.2, -0.15) is 0 Å². The molecule has 0 aromatic heterocycles. The zero-order valence-electron chi connectivity index (χ0n) is 11.9. The maximum absolute atomic E-state index is 6.19. The standard InChI is InChI=1S/C15H27NO3/c1-2-13(11-16-6-1)12-18-14-3-7-19-15(10-14)4-8-17-9-5-15/h13-14,16H,1-12H2. The molecule has 0 aliphatic carbocycles. The van der Waals surface area contributed by atoms with Gasteiger partial charge in [0.15, 0.2) is 0 Å². The molecule has 0 radical (unpaired) electrons. The van der Waals surface area contributed by atoms with E-state index >= 15 is 0 Å². The second kappa shape index (κ2) is 6.53. The van der Waals surface area contributed by atoms with Crippen molar-refractivity contribution in [3.8, 4) is 0 Å². The van der Waals surface area contributed by atoms with Crippen LogP contribution in [-0.4, -0.2) is 51.2 Å². The number of hydrogen-bond donors (Lipinski definition) is 1. The predicted molar refractivity (Wildman–Crippen MR) is 73.3 cm³/mol. The van der Waals surface area contributed by atoms with Crippen LogP contribution in [0.3, 0.4) is 0 Å². The lowest BCUT2D eigenvalue weighted by Crippen LogP contribution is -2.47. The molecule has 1 spiro atoms. The van der Waals surface area contributed by atoms with E-state index in [2.05, 4.69) is 5.32 Å². The molecular weight excluding hydrogens is 242 g/mol. The molecule has 2 atom stereocenters. The first-order valence-corrected chi connectivity index (χ1v) is 7.90. The Labute approximate surface area is 116 Å². The quantitative estimate of drug-likeness (QED) is 0.847. The molecule has 0 amide bonds. The molecule has 19 heavy (non-hydrogen) atoms. The van der Waals surface area contributed by atoms with Crippen LogP contribution < -0.4 is 5.32 Å². The monoisotopic (exact) mass is 269 g/mol. The molecular formula is C15H27NO3. The summed E-state index contributed by atoms with van der Waals surface area (Å²) in [6.45, 7) is 5.77. The Balaban J connectivity index is 1.45. The molecule has 3 heterocycles. The molecule has 3 saturated heterocycles. The lowest BCUT2D eigenvalue weighted by Gasteiger charge is -2.43. The predicted octanol–water partition coefficient (Wildman–Crippen LogP) is 1.73. The minimum absolute atomic E-state index is 0.0615. The zero-order chi connectivity index (χ0) is 13.0. The molecule has 3 aliphatic rings. The van der Waals surface area contributed by atoms with Crippen molar-refractivity contribution in [1.82, 2.24) is 5.32 Å². The van der Waals surface area contributed by atoms with Crippen molar-refractivity contribution in [1.29, 1.82) is 0 Å². The number of ether oxygens (including phenoxy) is 3. The van der Waals surface area contributed by atoms with Gasteiger partial charge in [0.25, 0.3) is 0 Å². The minimum Gasteiger partial charge on any atom is -0.381 e. The van der Waals surface area contributed by atoms with Crippen molar-refractivity contribution in [2.45, 2.75) is 50.2 Å². The Kier molecular flexibility index (Phi) is 4.74. The van der Waals surface area contributed by atoms with Gasteiger partial charge in [0.1, 0.15) is 0 Å². The summed E-state index contributed by atoms with van der Waals surface area (Å²) in [5, 5.41) is 3.46. The van der Waals surface area contributed by atoms with Gasteiger partial charge < -0.3 is 19.5 Å². The lowest BCUT2D eigenvalue weighted by atomic mass is 9.85. The summed E-state index contributed by atoms with van der Waals surface area (Å²) >= 11 is 0. The Morgan fingerprint density at radius 3 is 2.84 bits per heavy atom. The normalized spacial score (nSPS) is 35.4. The van der Waals surface area contributed by atoms with Gasteiger partial charge in [-0.1, -0.05) is 0 Å². The van der Waals surface area contributed by atoms with E-state index < -0.39 is 0 Å². The van der Waals surface area contributed by atoms with Crippen molar-refractivity contribution in [3.05, 3.63) is 0 Å². The van der Waals surface area contributed by atoms with Crippen molar-refractivity contribution in [2.75, 3.05) is 39.5 Å². The van der Waals surface area contributed by atoms with E-state index in [9.17, 15) is 0 Å². The van der Waals surface area contributed by atoms with Crippen molar-refractivity contribution >= 4 is 0 Å². The van der Waals surface area contributed by atoms with Crippen molar-refractivity contribution in [2.24, 2.45) is 5.92 Å². The van der Waals surface area contributed by atoms with Crippen molar-refractivity contribution < 1.29 is 14.2 Å². The summed E-state index contributed by atoms with van der Waals surface area (Å²) in [4.78, 5) is 0. The van der Waals surface area contributed by atoms with Crippen LogP contribution in [0, 0.1) is 5.92 Å². The Bertz CT molecular complexity index is 267. The first kappa shape index (κ1) is 13.8. The number of piperidine rings is 1. The van der Waals surface area contributed by atoms with Crippen LogP contribution in [0.15, 0.2) is 0 Å². The van der Waals surface area contributed by atoms with Gasteiger partial charge in [-0.15, -0.1) is 0 Å². The highest BCUT2D eigenvalue weighted by Crippen LogP contribution is 2.35. The average molecular weight is 269 g/mol. The summed E-state index contributed by atoms with van der Waals surface area (Å²) in [6.07, 6.45) is 7.21. The van der Waals surface area contributed by atoms with Gasteiger partial charge in [0, 0.05) is 32.8 Å². The molecule has 4 heteroatoms. The topological polar surface area (TPSA) is 39.7 Å². The second-order valence-electron chi connectivity index (χ2n) is 6.30. The SMILES string of the molecule is C1CNCC(COC2CCOC3(CCOCC3)C2)C1. The van der Waals surface area contributed by atoms with E-state index in [1.807, 2.05) is 0 Å². The summed E-state index contributed by atoms with van der Waals surface area (Å²) in [7, 11) is 0. The molecule has 3 fully saturated rings. The highest BCUT2D eigenvalue weighted by atomic mass is 16.5. The molecule has 3 aliphatic heterocycles. The lowest BCUT2D eigenvalue weighted by molar-refractivity contribution is -0.171. The van der Waals surface area contributed by atoms with Gasteiger partial charge in [-0.05, 0) is 44.6 Å². The molecule has 3 rings (SSSR count). The van der Waals surface area contributed by atoms with E-state index in [0.717, 1.165) is 58.7 Å². The zero-order valence-corrected chi connectivity index (χ0v) is 11.9. The van der Waals surface area contributed by atoms with Gasteiger partial charge in [0.05, 0.1) is 18.3 Å². The smallest absolute Gasteiger partial charge is 0.0751 e. The van der Waals surface area contributed by atoms with Crippen LogP contribution in [-0.2, 0) is 14.2 Å². The number of hydrogen-bond acceptors (Lipinski definition) is 4. The van der Waals surface area contributed by atoms with E-state index in [1.165, 1.54) is 19.4 Å². The maximum Gasteiger partial charge on any atom is 0.0751 e. The summed E-state index contributed by atoms with van der Waals surface area (Å²) in [5.41, 5.74) is 0.0615. The van der Waals surface area contributed by atoms with Crippen LogP contribution in [0.25, 0.3) is 0 Å². The van der Waals surface area contributed by atoms with Gasteiger partial charge in [-0.3, -0.25) is 0 Å². The number of nitrogens with one attached hydrogen (secondary N) is 1. The van der Waals surface area contributed by atoms with Crippen LogP contribution in [0.4, 0.5) is 0 Å². The molecule has 1 N–H and O–H groups in total. The van der Waals surface area contributed by atoms with Crippen molar-refractivity contribution in [3.63, 3.8) is 0 Å². The van der Waals surface area contributed by atoms with E-state index in [4.69, 9.17) is 14.2 Å². The summed E-state index contributed by atoms with van der Waals surface area (Å²) in [6, 6.07) is 0. The largest absolute Gasteiger partial charge is 0.381 e. The Morgan fingerprint density at radius 2 is 2.05 bits per heavy atom. The maximum atomic E-state index is 6.19. The van der Waals surface area contributed by atoms with E-state index in [-0.39, 0.29) is 5.60 Å². The first-order valence-electron chi connectivity index (χ1n) is 7.90. The molecule has 4 nitrogen and oxygen atoms in total. The molecule has 0 aromatic rings. The first-order chi connectivity index (χ1) is 9.36. The van der Waals surface area contributed by atoms with E-state index in [0.29, 0.717) is 12.0 Å². The van der Waals surface area contributed by atoms with Crippen LogP contribution in [0.2, 0.25) is 0 Å². The van der Waals surface area contributed by atoms with E-state index in [1.54, 1.807) is 0 Å². The van der Waals surface area contributed by atoms with Crippen LogP contribution in [0.5, 0.6) is 0 Å². The van der Waals surface area contributed by atoms with Crippen LogP contribution >= 0.6 is 0 Å². The summed E-state index contributed by atoms with van der Waals surface area (Å²) in [5.74, 6) is 0.710. The summed E-state index contributed by atoms with van der Waals surface area (Å²) < 4.78 is 17.7. The Hall–Kier alpha value is -0.160. The fourth-order valence-corrected chi connectivity index (χ4v) is 3.56. The fourth-order valence-electron chi connectivity index (χ4n) is 3.56. The molecule has 2 unspecified atom stereocenters. The molecule has 0 saturated carbocycles. The minimum atomic E-state index is 0.0615. The molecule has 0 aromatic carbocycles. The fraction of sp³-hybridized carbons (Fsp3) is 1.00. The third-order valence-corrected chi connectivity index (χ3v) is 4.82. The number of rotatable bonds is 3. The van der Waals surface area contributed by atoms with Crippen LogP contribution in [0.1, 0.15) is 38.5 Å². The van der Waals surface area contributed by atoms with Gasteiger partial charge >= 0.3 is 0 Å². The molecule has 110 valence electrons. The highest BCUT2D eigenvalue weighted by Gasteiger charge is 2.39.